The minimum atomic E-state index is 0.379. The molecule has 3 rings (SSSR count). The molecule has 0 radical (unpaired) electrons. The molecular formula is C18H17BrN4O2S. The number of nitrogens with zero attached hydrogens (tertiary/aromatic N) is 2. The molecule has 0 saturated heterocycles. The molecule has 0 unspecified atom stereocenters. The summed E-state index contributed by atoms with van der Waals surface area (Å²) in [6.07, 6.45) is 1.71. The molecule has 0 fully saturated rings. The van der Waals surface area contributed by atoms with E-state index in [0.717, 1.165) is 27.1 Å². The Morgan fingerprint density at radius 2 is 2.12 bits per heavy atom. The maximum absolute atomic E-state index is 5.89. The van der Waals surface area contributed by atoms with E-state index in [-0.39, 0.29) is 0 Å². The van der Waals surface area contributed by atoms with Crippen LogP contribution in [0.25, 0.3) is 0 Å². The highest BCUT2D eigenvalue weighted by atomic mass is 79.9. The number of hydrazone groups is 1. The number of anilines is 2. The minimum absolute atomic E-state index is 0.379. The summed E-state index contributed by atoms with van der Waals surface area (Å²) in [6.45, 7) is 0.379. The minimum Gasteiger partial charge on any atom is -0.496 e. The summed E-state index contributed by atoms with van der Waals surface area (Å²) in [5.74, 6) is 2.01. The fourth-order valence-electron chi connectivity index (χ4n) is 2.21. The van der Waals surface area contributed by atoms with E-state index in [4.69, 9.17) is 15.2 Å². The molecule has 3 N–H and O–H groups in total. The summed E-state index contributed by atoms with van der Waals surface area (Å²) in [4.78, 5) is 4.09. The van der Waals surface area contributed by atoms with Crippen molar-refractivity contribution < 1.29 is 9.47 Å². The third-order valence-corrected chi connectivity index (χ3v) is 4.84. The summed E-state index contributed by atoms with van der Waals surface area (Å²) in [5, 5.41) is 6.58. The SMILES string of the molecule is COc1ccc(C=NNc2nc(N)cs2)cc1COc1ccccc1Br. The zero-order valence-electron chi connectivity index (χ0n) is 14.0. The zero-order chi connectivity index (χ0) is 18.4. The van der Waals surface area contributed by atoms with E-state index < -0.39 is 0 Å². The number of aromatic nitrogens is 1. The maximum Gasteiger partial charge on any atom is 0.205 e. The molecule has 1 heterocycles. The van der Waals surface area contributed by atoms with Gasteiger partial charge in [-0.25, -0.2) is 4.98 Å². The van der Waals surface area contributed by atoms with Gasteiger partial charge >= 0.3 is 0 Å². The molecule has 0 amide bonds. The highest BCUT2D eigenvalue weighted by molar-refractivity contribution is 9.10. The number of hydrogen-bond donors (Lipinski definition) is 2. The summed E-state index contributed by atoms with van der Waals surface area (Å²) in [6, 6.07) is 13.5. The van der Waals surface area contributed by atoms with Crippen molar-refractivity contribution in [2.75, 3.05) is 18.3 Å². The molecule has 0 spiro atoms. The van der Waals surface area contributed by atoms with Crippen LogP contribution in [0.15, 0.2) is 57.4 Å². The van der Waals surface area contributed by atoms with Gasteiger partial charge in [0.05, 0.1) is 17.8 Å². The lowest BCUT2D eigenvalue weighted by Crippen LogP contribution is -2.01. The lowest BCUT2D eigenvalue weighted by atomic mass is 10.1. The molecule has 8 heteroatoms. The summed E-state index contributed by atoms with van der Waals surface area (Å²) in [5.41, 5.74) is 10.3. The first kappa shape index (κ1) is 18.2. The topological polar surface area (TPSA) is 81.8 Å². The first-order valence-electron chi connectivity index (χ1n) is 7.70. The number of nitrogens with one attached hydrogen (secondary N) is 1. The number of hydrogen-bond acceptors (Lipinski definition) is 7. The van der Waals surface area contributed by atoms with Gasteiger partial charge in [-0.15, -0.1) is 11.3 Å². The van der Waals surface area contributed by atoms with Crippen LogP contribution in [0.4, 0.5) is 10.9 Å². The van der Waals surface area contributed by atoms with Crippen molar-refractivity contribution in [2.45, 2.75) is 6.61 Å². The summed E-state index contributed by atoms with van der Waals surface area (Å²) >= 11 is 4.87. The van der Waals surface area contributed by atoms with Gasteiger partial charge in [-0.3, -0.25) is 5.43 Å². The average molecular weight is 433 g/mol. The number of nitrogen functional groups attached to an aromatic ring is 1. The predicted octanol–water partition coefficient (Wildman–Crippen LogP) is 4.52. The van der Waals surface area contributed by atoms with Crippen molar-refractivity contribution in [3.63, 3.8) is 0 Å². The molecule has 26 heavy (non-hydrogen) atoms. The zero-order valence-corrected chi connectivity index (χ0v) is 16.4. The van der Waals surface area contributed by atoms with Crippen LogP contribution in [0.3, 0.4) is 0 Å². The van der Waals surface area contributed by atoms with Gasteiger partial charge in [-0.2, -0.15) is 5.10 Å². The predicted molar refractivity (Wildman–Crippen MR) is 109 cm³/mol. The Bertz CT molecular complexity index is 914. The Morgan fingerprint density at radius 3 is 2.85 bits per heavy atom. The number of thiazole rings is 1. The molecule has 0 aliphatic heterocycles. The van der Waals surface area contributed by atoms with Crippen molar-refractivity contribution in [3.05, 3.63) is 63.4 Å². The standard InChI is InChI=1S/C18H17BrN4O2S/c1-24-15-7-6-12(9-21-23-18-22-17(20)11-26-18)8-13(15)10-25-16-5-3-2-4-14(16)19/h2-9,11H,10,20H2,1H3,(H,22,23). The second-order valence-electron chi connectivity index (χ2n) is 5.24. The molecule has 6 nitrogen and oxygen atoms in total. The van der Waals surface area contributed by atoms with Crippen LogP contribution < -0.4 is 20.6 Å². The van der Waals surface area contributed by atoms with E-state index in [1.54, 1.807) is 18.7 Å². The van der Waals surface area contributed by atoms with Crippen LogP contribution in [0, 0.1) is 0 Å². The average Bonchev–Trinajstić information content (AvgIpc) is 3.06. The second kappa shape index (κ2) is 8.68. The van der Waals surface area contributed by atoms with Gasteiger partial charge in [0.15, 0.2) is 0 Å². The largest absolute Gasteiger partial charge is 0.496 e. The molecule has 134 valence electrons. The van der Waals surface area contributed by atoms with Crippen molar-refractivity contribution >= 4 is 44.4 Å². The lowest BCUT2D eigenvalue weighted by Gasteiger charge is -2.12. The highest BCUT2D eigenvalue weighted by Gasteiger charge is 2.07. The maximum atomic E-state index is 5.89. The Balaban J connectivity index is 1.70. The van der Waals surface area contributed by atoms with E-state index >= 15 is 0 Å². The smallest absolute Gasteiger partial charge is 0.205 e. The van der Waals surface area contributed by atoms with Crippen LogP contribution in [0.5, 0.6) is 11.5 Å². The van der Waals surface area contributed by atoms with Gasteiger partial charge in [0.1, 0.15) is 23.9 Å². The van der Waals surface area contributed by atoms with E-state index in [1.807, 2.05) is 42.5 Å². The van der Waals surface area contributed by atoms with Crippen molar-refractivity contribution in [1.29, 1.82) is 0 Å². The normalized spacial score (nSPS) is 10.8. The number of benzene rings is 2. The molecule has 0 aliphatic rings. The third kappa shape index (κ3) is 4.74. The number of methoxy groups -OCH3 is 1. The second-order valence-corrected chi connectivity index (χ2v) is 6.95. The van der Waals surface area contributed by atoms with Gasteiger partial charge < -0.3 is 15.2 Å². The first-order valence-corrected chi connectivity index (χ1v) is 9.37. The fraction of sp³-hybridized carbons (Fsp3) is 0.111. The van der Waals surface area contributed by atoms with E-state index in [9.17, 15) is 0 Å². The summed E-state index contributed by atoms with van der Waals surface area (Å²) in [7, 11) is 1.64. The highest BCUT2D eigenvalue weighted by Crippen LogP contribution is 2.27. The number of nitrogens with two attached hydrogens (primary N) is 1. The Labute approximate surface area is 163 Å². The van der Waals surface area contributed by atoms with Crippen LogP contribution >= 0.6 is 27.3 Å². The van der Waals surface area contributed by atoms with E-state index in [1.165, 1.54) is 11.3 Å². The molecular weight excluding hydrogens is 416 g/mol. The number of rotatable bonds is 7. The van der Waals surface area contributed by atoms with Crippen molar-refractivity contribution in [1.82, 2.24) is 4.98 Å². The number of para-hydroxylation sites is 1. The Kier molecular flexibility index (Phi) is 6.08. The van der Waals surface area contributed by atoms with Gasteiger partial charge in [0.25, 0.3) is 0 Å². The van der Waals surface area contributed by atoms with Crippen LogP contribution in [-0.2, 0) is 6.61 Å². The molecule has 0 bridgehead atoms. The summed E-state index contributed by atoms with van der Waals surface area (Å²) < 4.78 is 12.2. The number of halogens is 1. The number of ether oxygens (including phenoxy) is 2. The molecule has 1 aromatic heterocycles. The third-order valence-electron chi connectivity index (χ3n) is 3.42. The van der Waals surface area contributed by atoms with E-state index in [2.05, 4.69) is 31.4 Å². The fourth-order valence-corrected chi connectivity index (χ4v) is 3.16. The quantitative estimate of drug-likeness (QED) is 0.423. The van der Waals surface area contributed by atoms with Crippen LogP contribution in [0.1, 0.15) is 11.1 Å². The van der Waals surface area contributed by atoms with E-state index in [0.29, 0.717) is 17.6 Å². The van der Waals surface area contributed by atoms with Gasteiger partial charge in [-0.05, 0) is 51.8 Å². The molecule has 3 aromatic rings. The van der Waals surface area contributed by atoms with Gasteiger partial charge in [-0.1, -0.05) is 12.1 Å². The Hall–Kier alpha value is -2.58. The lowest BCUT2D eigenvalue weighted by molar-refractivity contribution is 0.295. The van der Waals surface area contributed by atoms with Crippen molar-refractivity contribution in [3.8, 4) is 11.5 Å². The van der Waals surface area contributed by atoms with Crippen LogP contribution in [0.2, 0.25) is 0 Å². The molecule has 0 aliphatic carbocycles. The van der Waals surface area contributed by atoms with Crippen LogP contribution in [-0.4, -0.2) is 18.3 Å². The Morgan fingerprint density at radius 1 is 1.27 bits per heavy atom. The first-order chi connectivity index (χ1) is 12.7. The van der Waals surface area contributed by atoms with Gasteiger partial charge in [0, 0.05) is 10.9 Å². The van der Waals surface area contributed by atoms with Crippen molar-refractivity contribution in [2.24, 2.45) is 5.10 Å². The van der Waals surface area contributed by atoms with Gasteiger partial charge in [0.2, 0.25) is 5.13 Å². The molecule has 0 saturated carbocycles. The molecule has 0 atom stereocenters. The monoisotopic (exact) mass is 432 g/mol. The molecule has 2 aromatic carbocycles.